The van der Waals surface area contributed by atoms with E-state index in [4.69, 9.17) is 5.73 Å². The van der Waals surface area contributed by atoms with Crippen LogP contribution < -0.4 is 16.4 Å². The van der Waals surface area contributed by atoms with Crippen molar-refractivity contribution in [3.8, 4) is 0 Å². The lowest BCUT2D eigenvalue weighted by Gasteiger charge is -2.19. The van der Waals surface area contributed by atoms with E-state index < -0.39 is 29.6 Å². The molecule has 5 nitrogen and oxygen atoms in total. The molecule has 0 unspecified atom stereocenters. The Morgan fingerprint density at radius 3 is 2.20 bits per heavy atom. The number of benzene rings is 1. The number of primary amides is 1. The smallest absolute Gasteiger partial charge is 0.312 e. The molecule has 1 aromatic carbocycles. The molecule has 0 aliphatic carbocycles. The van der Waals surface area contributed by atoms with Crippen molar-refractivity contribution in [2.45, 2.75) is 26.3 Å². The SMILES string of the molecule is CC(C)C[C@@H](NC(N)=O)C(=O)Nc1cc(F)cc(F)c1. The van der Waals surface area contributed by atoms with Crippen LogP contribution in [0.4, 0.5) is 19.3 Å². The zero-order chi connectivity index (χ0) is 15.3. The van der Waals surface area contributed by atoms with Crippen molar-refractivity contribution in [3.63, 3.8) is 0 Å². The first-order chi connectivity index (χ1) is 9.27. The summed E-state index contributed by atoms with van der Waals surface area (Å²) < 4.78 is 26.0. The lowest BCUT2D eigenvalue weighted by molar-refractivity contribution is -0.118. The van der Waals surface area contributed by atoms with E-state index >= 15 is 0 Å². The van der Waals surface area contributed by atoms with Crippen LogP contribution in [0.1, 0.15) is 20.3 Å². The highest BCUT2D eigenvalue weighted by Crippen LogP contribution is 2.14. The number of hydrogen-bond acceptors (Lipinski definition) is 2. The summed E-state index contributed by atoms with van der Waals surface area (Å²) >= 11 is 0. The maximum Gasteiger partial charge on any atom is 0.312 e. The minimum atomic E-state index is -0.862. The van der Waals surface area contributed by atoms with Gasteiger partial charge in [0, 0.05) is 11.8 Å². The minimum Gasteiger partial charge on any atom is -0.352 e. The number of urea groups is 1. The van der Waals surface area contributed by atoms with Gasteiger partial charge in [-0.25, -0.2) is 13.6 Å². The van der Waals surface area contributed by atoms with E-state index in [1.54, 1.807) is 0 Å². The van der Waals surface area contributed by atoms with E-state index in [0.717, 1.165) is 12.1 Å². The van der Waals surface area contributed by atoms with Gasteiger partial charge in [-0.15, -0.1) is 0 Å². The number of rotatable bonds is 5. The Hall–Kier alpha value is -2.18. The normalized spacial score (nSPS) is 12.1. The molecule has 1 rings (SSSR count). The quantitative estimate of drug-likeness (QED) is 0.773. The molecule has 0 bridgehead atoms. The van der Waals surface area contributed by atoms with Crippen LogP contribution in [0, 0.1) is 17.6 Å². The van der Waals surface area contributed by atoms with E-state index in [1.165, 1.54) is 0 Å². The second kappa shape index (κ2) is 6.83. The third kappa shape index (κ3) is 5.21. The number of amides is 3. The minimum absolute atomic E-state index is 0.0208. The molecule has 110 valence electrons. The first-order valence-corrected chi connectivity index (χ1v) is 6.11. The molecule has 0 saturated carbocycles. The number of nitrogens with one attached hydrogen (secondary N) is 2. The largest absolute Gasteiger partial charge is 0.352 e. The third-order valence-corrected chi connectivity index (χ3v) is 2.47. The van der Waals surface area contributed by atoms with Crippen LogP contribution in [0.5, 0.6) is 0 Å². The summed E-state index contributed by atoms with van der Waals surface area (Å²) in [4.78, 5) is 22.8. The molecule has 0 radical (unpaired) electrons. The van der Waals surface area contributed by atoms with Gasteiger partial charge in [-0.3, -0.25) is 4.79 Å². The third-order valence-electron chi connectivity index (χ3n) is 2.47. The topological polar surface area (TPSA) is 84.2 Å². The Morgan fingerprint density at radius 1 is 1.20 bits per heavy atom. The van der Waals surface area contributed by atoms with Gasteiger partial charge in [0.15, 0.2) is 0 Å². The summed E-state index contributed by atoms with van der Waals surface area (Å²) in [6, 6.07) is 0.966. The molecule has 7 heteroatoms. The van der Waals surface area contributed by atoms with Crippen molar-refractivity contribution < 1.29 is 18.4 Å². The molecule has 0 aliphatic heterocycles. The Morgan fingerprint density at radius 2 is 1.75 bits per heavy atom. The lowest BCUT2D eigenvalue weighted by atomic mass is 10.0. The molecule has 1 atom stereocenters. The van der Waals surface area contributed by atoms with Crippen LogP contribution in [0.15, 0.2) is 18.2 Å². The van der Waals surface area contributed by atoms with Gasteiger partial charge in [0.2, 0.25) is 5.91 Å². The number of hydrogen-bond donors (Lipinski definition) is 3. The molecule has 0 heterocycles. The maximum absolute atomic E-state index is 13.0. The molecule has 0 aromatic heterocycles. The number of nitrogens with two attached hydrogens (primary N) is 1. The molecular weight excluding hydrogens is 268 g/mol. The number of anilines is 1. The first-order valence-electron chi connectivity index (χ1n) is 6.11. The predicted octanol–water partition coefficient (Wildman–Crippen LogP) is 1.99. The fraction of sp³-hybridized carbons (Fsp3) is 0.385. The zero-order valence-corrected chi connectivity index (χ0v) is 11.2. The van der Waals surface area contributed by atoms with Crippen LogP contribution in [-0.2, 0) is 4.79 Å². The van der Waals surface area contributed by atoms with Crippen molar-refractivity contribution in [1.82, 2.24) is 5.32 Å². The summed E-state index contributed by atoms with van der Waals surface area (Å²) in [6.07, 6.45) is 0.354. The van der Waals surface area contributed by atoms with E-state index in [0.29, 0.717) is 12.5 Å². The molecule has 0 saturated heterocycles. The molecule has 0 aliphatic rings. The van der Waals surface area contributed by atoms with Gasteiger partial charge in [0.05, 0.1) is 0 Å². The van der Waals surface area contributed by atoms with Gasteiger partial charge in [-0.05, 0) is 24.5 Å². The Labute approximate surface area is 115 Å². The van der Waals surface area contributed by atoms with E-state index in [1.807, 2.05) is 13.8 Å². The number of carbonyl (C=O) groups excluding carboxylic acids is 2. The van der Waals surface area contributed by atoms with Crippen molar-refractivity contribution in [2.24, 2.45) is 11.7 Å². The fourth-order valence-corrected chi connectivity index (χ4v) is 1.73. The summed E-state index contributed by atoms with van der Waals surface area (Å²) in [5.74, 6) is -2.06. The number of carbonyl (C=O) groups is 2. The van der Waals surface area contributed by atoms with Crippen LogP contribution in [-0.4, -0.2) is 18.0 Å². The van der Waals surface area contributed by atoms with Crippen molar-refractivity contribution >= 4 is 17.6 Å². The van der Waals surface area contributed by atoms with Crippen molar-refractivity contribution in [2.75, 3.05) is 5.32 Å². The molecule has 0 fully saturated rings. The zero-order valence-electron chi connectivity index (χ0n) is 11.2. The van der Waals surface area contributed by atoms with Crippen LogP contribution in [0.2, 0.25) is 0 Å². The van der Waals surface area contributed by atoms with E-state index in [-0.39, 0.29) is 11.6 Å². The summed E-state index contributed by atoms with van der Waals surface area (Å²) in [5.41, 5.74) is 4.98. The number of halogens is 2. The Kier molecular flexibility index (Phi) is 5.42. The summed E-state index contributed by atoms with van der Waals surface area (Å²) in [7, 11) is 0. The van der Waals surface area contributed by atoms with E-state index in [9.17, 15) is 18.4 Å². The van der Waals surface area contributed by atoms with Gasteiger partial charge in [-0.2, -0.15) is 0 Å². The van der Waals surface area contributed by atoms with Crippen molar-refractivity contribution in [1.29, 1.82) is 0 Å². The van der Waals surface area contributed by atoms with Crippen LogP contribution in [0.25, 0.3) is 0 Å². The molecule has 1 aromatic rings. The Balaban J connectivity index is 2.81. The summed E-state index contributed by atoms with van der Waals surface area (Å²) in [5, 5.41) is 4.64. The Bertz CT molecular complexity index is 486. The predicted molar refractivity (Wildman–Crippen MR) is 70.9 cm³/mol. The van der Waals surface area contributed by atoms with Crippen LogP contribution >= 0.6 is 0 Å². The highest BCUT2D eigenvalue weighted by molar-refractivity contribution is 5.96. The van der Waals surface area contributed by atoms with Gasteiger partial charge in [-0.1, -0.05) is 13.8 Å². The molecular formula is C13H17F2N3O2. The first kappa shape index (κ1) is 15.9. The molecule has 20 heavy (non-hydrogen) atoms. The second-order valence-corrected chi connectivity index (χ2v) is 4.84. The highest BCUT2D eigenvalue weighted by Gasteiger charge is 2.21. The average molecular weight is 285 g/mol. The fourth-order valence-electron chi connectivity index (χ4n) is 1.73. The maximum atomic E-state index is 13.0. The molecule has 4 N–H and O–H groups in total. The van der Waals surface area contributed by atoms with Gasteiger partial charge >= 0.3 is 6.03 Å². The van der Waals surface area contributed by atoms with Crippen molar-refractivity contribution in [3.05, 3.63) is 29.8 Å². The van der Waals surface area contributed by atoms with Crippen LogP contribution in [0.3, 0.4) is 0 Å². The average Bonchev–Trinajstić information content (AvgIpc) is 2.24. The molecule has 3 amide bonds. The lowest BCUT2D eigenvalue weighted by Crippen LogP contribution is -2.46. The van der Waals surface area contributed by atoms with Gasteiger partial charge in [0.1, 0.15) is 17.7 Å². The van der Waals surface area contributed by atoms with Gasteiger partial charge < -0.3 is 16.4 Å². The summed E-state index contributed by atoms with van der Waals surface area (Å²) in [6.45, 7) is 3.73. The highest BCUT2D eigenvalue weighted by atomic mass is 19.1. The monoisotopic (exact) mass is 285 g/mol. The van der Waals surface area contributed by atoms with E-state index in [2.05, 4.69) is 10.6 Å². The van der Waals surface area contributed by atoms with Gasteiger partial charge in [0.25, 0.3) is 0 Å². The molecule has 0 spiro atoms. The standard InChI is InChI=1S/C13H17F2N3O2/c1-7(2)3-11(18-13(16)20)12(19)17-10-5-8(14)4-9(15)6-10/h4-7,11H,3H2,1-2H3,(H,17,19)(H3,16,18,20)/t11-/m1/s1. The second-order valence-electron chi connectivity index (χ2n) is 4.84.